The summed E-state index contributed by atoms with van der Waals surface area (Å²) in [7, 11) is 1.51. The van der Waals surface area contributed by atoms with E-state index in [1.165, 1.54) is 13.2 Å². The zero-order valence-corrected chi connectivity index (χ0v) is 18.5. The minimum Gasteiger partial charge on any atom is -0.496 e. The molecule has 0 atom stereocenters. The number of hydrogen-bond donors (Lipinski definition) is 1. The maximum absolute atomic E-state index is 14.6. The van der Waals surface area contributed by atoms with Crippen molar-refractivity contribution in [2.75, 3.05) is 13.7 Å². The Balaban J connectivity index is 1.81. The van der Waals surface area contributed by atoms with Crippen LogP contribution in [0.1, 0.15) is 39.6 Å². The molecule has 1 N–H and O–H groups in total. The van der Waals surface area contributed by atoms with Gasteiger partial charge in [0.1, 0.15) is 17.3 Å². The maximum atomic E-state index is 14.6. The molecule has 0 saturated carbocycles. The fourth-order valence-electron chi connectivity index (χ4n) is 3.21. The Hall–Kier alpha value is -3.38. The summed E-state index contributed by atoms with van der Waals surface area (Å²) >= 11 is 6.26. The lowest BCUT2D eigenvalue weighted by Gasteiger charge is -2.14. The molecule has 7 heteroatoms. The number of methoxy groups -OCH3 is 1. The lowest BCUT2D eigenvalue weighted by molar-refractivity contribution is 0.0950. The van der Waals surface area contributed by atoms with Crippen molar-refractivity contribution in [1.29, 1.82) is 0 Å². The average Bonchev–Trinajstić information content (AvgIpc) is 2.81. The third-order valence-corrected chi connectivity index (χ3v) is 5.16. The van der Waals surface area contributed by atoms with E-state index in [-0.39, 0.29) is 28.6 Å². The van der Waals surface area contributed by atoms with Crippen LogP contribution < -0.4 is 14.8 Å². The van der Waals surface area contributed by atoms with Crippen LogP contribution in [0.3, 0.4) is 0 Å². The molecule has 32 heavy (non-hydrogen) atoms. The quantitative estimate of drug-likeness (QED) is 0.421. The molecule has 166 valence electrons. The average molecular weight is 456 g/mol. The van der Waals surface area contributed by atoms with Crippen LogP contribution in [-0.2, 0) is 6.54 Å². The van der Waals surface area contributed by atoms with E-state index in [1.54, 1.807) is 48.5 Å². The number of aldehydes is 1. The van der Waals surface area contributed by atoms with Gasteiger partial charge in [-0.15, -0.1) is 0 Å². The second kappa shape index (κ2) is 10.8. The topological polar surface area (TPSA) is 64.6 Å². The number of ether oxygens (including phenoxy) is 2. The Labute approximate surface area is 191 Å². The second-order valence-corrected chi connectivity index (χ2v) is 7.43. The highest BCUT2D eigenvalue weighted by Gasteiger charge is 2.15. The Kier molecular flexibility index (Phi) is 7.84. The molecule has 0 radical (unpaired) electrons. The van der Waals surface area contributed by atoms with Crippen LogP contribution >= 0.6 is 11.6 Å². The molecule has 0 aliphatic carbocycles. The lowest BCUT2D eigenvalue weighted by Crippen LogP contribution is -2.23. The number of halogens is 2. The van der Waals surface area contributed by atoms with E-state index in [9.17, 15) is 14.0 Å². The Morgan fingerprint density at radius 3 is 2.66 bits per heavy atom. The molecule has 0 aliphatic heterocycles. The number of amides is 1. The number of benzene rings is 3. The van der Waals surface area contributed by atoms with Crippen LogP contribution in [0.4, 0.5) is 4.39 Å². The molecule has 3 rings (SSSR count). The van der Waals surface area contributed by atoms with Crippen LogP contribution in [0.25, 0.3) is 11.1 Å². The van der Waals surface area contributed by atoms with Crippen molar-refractivity contribution in [2.24, 2.45) is 0 Å². The summed E-state index contributed by atoms with van der Waals surface area (Å²) in [6.45, 7) is 2.70. The predicted octanol–water partition coefficient (Wildman–Crippen LogP) is 5.69. The van der Waals surface area contributed by atoms with Gasteiger partial charge in [0.25, 0.3) is 5.91 Å². The first kappa shape index (κ1) is 23.3. The summed E-state index contributed by atoms with van der Waals surface area (Å²) in [5.74, 6) is 0.177. The van der Waals surface area contributed by atoms with Gasteiger partial charge >= 0.3 is 0 Å². The summed E-state index contributed by atoms with van der Waals surface area (Å²) in [5, 5.41) is 3.10. The summed E-state index contributed by atoms with van der Waals surface area (Å²) < 4.78 is 25.5. The standard InChI is InChI=1S/C25H23ClFNO4/c1-3-11-32-19-8-9-21(22(26)13-19)25(30)28-14-18-12-16(7-10-23(18)31-2)20-6-4-5-17(15-29)24(20)27/h4-10,12-13,15H,3,11,14H2,1-2H3,(H,28,30). The minimum atomic E-state index is -0.597. The van der Waals surface area contributed by atoms with Gasteiger partial charge in [0.05, 0.1) is 29.9 Å². The maximum Gasteiger partial charge on any atom is 0.253 e. The molecular weight excluding hydrogens is 433 g/mol. The summed E-state index contributed by atoms with van der Waals surface area (Å²) in [6, 6.07) is 14.6. The second-order valence-electron chi connectivity index (χ2n) is 7.03. The predicted molar refractivity (Wildman–Crippen MR) is 122 cm³/mol. The van der Waals surface area contributed by atoms with E-state index in [0.29, 0.717) is 41.1 Å². The summed E-state index contributed by atoms with van der Waals surface area (Å²) in [4.78, 5) is 23.7. The van der Waals surface area contributed by atoms with E-state index >= 15 is 0 Å². The van der Waals surface area contributed by atoms with Gasteiger partial charge in [-0.2, -0.15) is 0 Å². The largest absolute Gasteiger partial charge is 0.496 e. The van der Waals surface area contributed by atoms with Crippen LogP contribution in [-0.4, -0.2) is 25.9 Å². The first-order valence-corrected chi connectivity index (χ1v) is 10.5. The van der Waals surface area contributed by atoms with Crippen molar-refractivity contribution in [3.8, 4) is 22.6 Å². The van der Waals surface area contributed by atoms with E-state index < -0.39 is 5.82 Å². The van der Waals surface area contributed by atoms with Crippen LogP contribution in [0, 0.1) is 5.82 Å². The summed E-state index contributed by atoms with van der Waals surface area (Å²) in [5.41, 5.74) is 1.79. The third-order valence-electron chi connectivity index (χ3n) is 4.84. The van der Waals surface area contributed by atoms with Crippen molar-refractivity contribution in [1.82, 2.24) is 5.32 Å². The number of carbonyl (C=O) groups excluding carboxylic acids is 2. The van der Waals surface area contributed by atoms with Crippen LogP contribution in [0.5, 0.6) is 11.5 Å². The zero-order valence-electron chi connectivity index (χ0n) is 17.8. The van der Waals surface area contributed by atoms with Crippen molar-refractivity contribution in [2.45, 2.75) is 19.9 Å². The molecule has 0 heterocycles. The Morgan fingerprint density at radius 2 is 1.97 bits per heavy atom. The Morgan fingerprint density at radius 1 is 1.16 bits per heavy atom. The fraction of sp³-hybridized carbons (Fsp3) is 0.200. The van der Waals surface area contributed by atoms with Gasteiger partial charge in [0.2, 0.25) is 0 Å². The molecule has 0 bridgehead atoms. The highest BCUT2D eigenvalue weighted by atomic mass is 35.5. The number of nitrogens with one attached hydrogen (secondary N) is 1. The van der Waals surface area contributed by atoms with Gasteiger partial charge in [-0.1, -0.05) is 36.7 Å². The zero-order chi connectivity index (χ0) is 23.1. The molecule has 3 aromatic rings. The molecule has 1 amide bonds. The van der Waals surface area contributed by atoms with Gasteiger partial charge in [-0.25, -0.2) is 4.39 Å². The molecule has 0 aromatic heterocycles. The third kappa shape index (κ3) is 5.26. The lowest BCUT2D eigenvalue weighted by atomic mass is 9.99. The molecular formula is C25H23ClFNO4. The van der Waals surface area contributed by atoms with E-state index in [4.69, 9.17) is 21.1 Å². The number of carbonyl (C=O) groups is 2. The van der Waals surface area contributed by atoms with E-state index in [0.717, 1.165) is 6.42 Å². The van der Waals surface area contributed by atoms with Gasteiger partial charge in [0, 0.05) is 17.7 Å². The van der Waals surface area contributed by atoms with Crippen LogP contribution in [0.15, 0.2) is 54.6 Å². The highest BCUT2D eigenvalue weighted by Crippen LogP contribution is 2.30. The molecule has 0 saturated heterocycles. The molecule has 0 aliphatic rings. The normalized spacial score (nSPS) is 10.5. The van der Waals surface area contributed by atoms with Crippen molar-refractivity contribution < 1.29 is 23.5 Å². The van der Waals surface area contributed by atoms with Crippen molar-refractivity contribution in [3.63, 3.8) is 0 Å². The smallest absolute Gasteiger partial charge is 0.253 e. The summed E-state index contributed by atoms with van der Waals surface area (Å²) in [6.07, 6.45) is 1.34. The number of hydrogen-bond acceptors (Lipinski definition) is 4. The van der Waals surface area contributed by atoms with E-state index in [2.05, 4.69) is 5.32 Å². The van der Waals surface area contributed by atoms with Gasteiger partial charge in [0.15, 0.2) is 6.29 Å². The van der Waals surface area contributed by atoms with Crippen LogP contribution in [0.2, 0.25) is 5.02 Å². The molecule has 3 aromatic carbocycles. The molecule has 0 fully saturated rings. The number of rotatable bonds is 9. The minimum absolute atomic E-state index is 0.0193. The first-order valence-electron chi connectivity index (χ1n) is 10.1. The first-order chi connectivity index (χ1) is 15.5. The Bertz CT molecular complexity index is 1130. The molecule has 0 spiro atoms. The van der Waals surface area contributed by atoms with E-state index in [1.807, 2.05) is 6.92 Å². The monoisotopic (exact) mass is 455 g/mol. The van der Waals surface area contributed by atoms with Gasteiger partial charge < -0.3 is 14.8 Å². The highest BCUT2D eigenvalue weighted by molar-refractivity contribution is 6.34. The van der Waals surface area contributed by atoms with Crippen molar-refractivity contribution >= 4 is 23.8 Å². The van der Waals surface area contributed by atoms with Gasteiger partial charge in [-0.3, -0.25) is 9.59 Å². The fourth-order valence-corrected chi connectivity index (χ4v) is 3.46. The SMILES string of the molecule is CCCOc1ccc(C(=O)NCc2cc(-c3cccc(C=O)c3F)ccc2OC)c(Cl)c1. The molecule has 5 nitrogen and oxygen atoms in total. The van der Waals surface area contributed by atoms with Gasteiger partial charge in [-0.05, 0) is 48.4 Å². The van der Waals surface area contributed by atoms with Crippen molar-refractivity contribution in [3.05, 3.63) is 82.1 Å². The molecule has 0 unspecified atom stereocenters.